The number of nitrogens with zero attached hydrogens (tertiary/aromatic N) is 4. The molecule has 4 aromatic heterocycles. The second kappa shape index (κ2) is 11.7. The lowest BCUT2D eigenvalue weighted by Crippen LogP contribution is -2.63. The van der Waals surface area contributed by atoms with E-state index >= 15 is 0 Å². The zero-order chi connectivity index (χ0) is 35.1. The van der Waals surface area contributed by atoms with E-state index in [1.807, 2.05) is 17.8 Å². The molecule has 12 heteroatoms. The van der Waals surface area contributed by atoms with Crippen LogP contribution in [0.4, 0.5) is 4.39 Å². The topological polar surface area (TPSA) is 133 Å². The van der Waals surface area contributed by atoms with E-state index in [4.69, 9.17) is 13.6 Å². The van der Waals surface area contributed by atoms with E-state index in [1.54, 1.807) is 36.5 Å². The Bertz CT molecular complexity index is 2160. The van der Waals surface area contributed by atoms with Crippen molar-refractivity contribution < 1.29 is 32.7 Å². The molecular formula is C39H37FN4O6S. The SMILES string of the molecule is CC12Cc3cnn(-c4ccc(F)cc4)c3C=C1CCC1C2C(O)CC2(C)C1CCC2(OC(=O)c1ccco1)C(=O)CSc1nc2ncccc2o1. The highest BCUT2D eigenvalue weighted by atomic mass is 32.2. The van der Waals surface area contributed by atoms with Crippen molar-refractivity contribution in [3.05, 3.63) is 95.6 Å². The molecule has 3 saturated carbocycles. The van der Waals surface area contributed by atoms with Crippen molar-refractivity contribution in [2.75, 3.05) is 5.75 Å². The Morgan fingerprint density at radius 2 is 1.98 bits per heavy atom. The van der Waals surface area contributed by atoms with Crippen molar-refractivity contribution in [2.24, 2.45) is 28.6 Å². The van der Waals surface area contributed by atoms with Crippen LogP contribution >= 0.6 is 11.8 Å². The molecule has 0 bridgehead atoms. The molecule has 5 aromatic rings. The van der Waals surface area contributed by atoms with Crippen molar-refractivity contribution in [3.63, 3.8) is 0 Å². The summed E-state index contributed by atoms with van der Waals surface area (Å²) < 4.78 is 33.2. The van der Waals surface area contributed by atoms with Gasteiger partial charge >= 0.3 is 5.97 Å². The predicted octanol–water partition coefficient (Wildman–Crippen LogP) is 7.25. The summed E-state index contributed by atoms with van der Waals surface area (Å²) in [5.74, 6) is -1.17. The molecule has 0 amide bonds. The molecule has 4 aliphatic rings. The number of carbonyl (C=O) groups excluding carboxylic acids is 2. The first kappa shape index (κ1) is 32.4. The first-order valence-corrected chi connectivity index (χ1v) is 18.4. The fourth-order valence-corrected chi connectivity index (χ4v) is 11.1. The molecule has 4 heterocycles. The largest absolute Gasteiger partial charge is 0.457 e. The second-order valence-electron chi connectivity index (χ2n) is 15.0. The van der Waals surface area contributed by atoms with Gasteiger partial charge in [-0.2, -0.15) is 10.1 Å². The molecule has 7 atom stereocenters. The average Bonchev–Trinajstić information content (AvgIpc) is 3.92. The Hall–Kier alpha value is -4.55. The van der Waals surface area contributed by atoms with E-state index in [9.17, 15) is 19.1 Å². The summed E-state index contributed by atoms with van der Waals surface area (Å²) in [6, 6.07) is 13.0. The standard InChI is InChI=1S/C39H37FN4O6S/c1-37-18-22-20-42-44(25-10-8-24(40)9-11-25)28(22)17-23(37)7-12-26-27-13-14-39(38(27,2)19-29(45)33(26)37,50-35(47)31-6-4-16-48-31)32(46)21-51-36-43-34-30(49-36)5-3-15-41-34/h3-6,8-11,15-17,20,26-27,29,33,45H,7,12-14,18-19,21H2,1-2H3. The van der Waals surface area contributed by atoms with Gasteiger partial charge in [-0.25, -0.2) is 18.9 Å². The maximum absolute atomic E-state index is 14.6. The molecule has 7 unspecified atom stereocenters. The fourth-order valence-electron chi connectivity index (χ4n) is 10.3. The van der Waals surface area contributed by atoms with E-state index < -0.39 is 23.1 Å². The molecule has 51 heavy (non-hydrogen) atoms. The number of hydrogen-bond acceptors (Lipinski definition) is 10. The number of furan rings is 1. The fraction of sp³-hybridized carbons (Fsp3) is 0.410. The molecule has 262 valence electrons. The van der Waals surface area contributed by atoms with Crippen molar-refractivity contribution in [3.8, 4) is 5.69 Å². The minimum absolute atomic E-state index is 0.0273. The van der Waals surface area contributed by atoms with Gasteiger partial charge in [-0.1, -0.05) is 31.2 Å². The summed E-state index contributed by atoms with van der Waals surface area (Å²) >= 11 is 1.16. The van der Waals surface area contributed by atoms with Crippen molar-refractivity contribution in [1.82, 2.24) is 19.7 Å². The van der Waals surface area contributed by atoms with Gasteiger partial charge in [0.25, 0.3) is 5.22 Å². The average molecular weight is 709 g/mol. The molecule has 1 aromatic carbocycles. The Balaban J connectivity index is 1.03. The number of aliphatic hydroxyl groups is 1. The molecule has 3 fully saturated rings. The summed E-state index contributed by atoms with van der Waals surface area (Å²) in [6.07, 6.45) is 10.1. The van der Waals surface area contributed by atoms with Gasteiger partial charge in [0.15, 0.2) is 22.6 Å². The van der Waals surface area contributed by atoms with Crippen LogP contribution in [-0.4, -0.2) is 54.1 Å². The minimum atomic E-state index is -1.49. The first-order chi connectivity index (χ1) is 24.6. The van der Waals surface area contributed by atoms with Gasteiger partial charge in [0.05, 0.1) is 35.7 Å². The van der Waals surface area contributed by atoms with Crippen LogP contribution in [0.5, 0.6) is 0 Å². The predicted molar refractivity (Wildman–Crippen MR) is 185 cm³/mol. The Morgan fingerprint density at radius 1 is 1.14 bits per heavy atom. The highest BCUT2D eigenvalue weighted by molar-refractivity contribution is 7.99. The molecule has 0 spiro atoms. The Morgan fingerprint density at radius 3 is 2.76 bits per heavy atom. The maximum atomic E-state index is 14.6. The number of benzene rings is 1. The van der Waals surface area contributed by atoms with Crippen LogP contribution in [0, 0.1) is 34.4 Å². The van der Waals surface area contributed by atoms with Gasteiger partial charge in [-0.15, -0.1) is 0 Å². The summed E-state index contributed by atoms with van der Waals surface area (Å²) in [7, 11) is 0. The first-order valence-electron chi connectivity index (χ1n) is 17.5. The van der Waals surface area contributed by atoms with Gasteiger partial charge in [-0.3, -0.25) is 4.79 Å². The number of allylic oxidation sites excluding steroid dienone is 1. The third kappa shape index (κ3) is 4.89. The number of hydrogen-bond donors (Lipinski definition) is 1. The number of carbonyl (C=O) groups is 2. The van der Waals surface area contributed by atoms with Gasteiger partial charge in [0, 0.05) is 11.6 Å². The van der Waals surface area contributed by atoms with Crippen molar-refractivity contribution >= 4 is 40.8 Å². The molecule has 0 saturated heterocycles. The second-order valence-corrected chi connectivity index (χ2v) is 15.9. The summed E-state index contributed by atoms with van der Waals surface area (Å²) in [6.45, 7) is 4.29. The number of thioether (sulfide) groups is 1. The van der Waals surface area contributed by atoms with Gasteiger partial charge in [0.1, 0.15) is 5.82 Å². The molecule has 1 N–H and O–H groups in total. The van der Waals surface area contributed by atoms with Crippen molar-refractivity contribution in [2.45, 2.75) is 69.3 Å². The van der Waals surface area contributed by atoms with E-state index in [0.717, 1.165) is 41.5 Å². The van der Waals surface area contributed by atoms with Crippen LogP contribution in [-0.2, 0) is 16.0 Å². The van der Waals surface area contributed by atoms with E-state index in [2.05, 4.69) is 28.1 Å². The zero-order valence-corrected chi connectivity index (χ0v) is 29.1. The van der Waals surface area contributed by atoms with Crippen LogP contribution in [0.1, 0.15) is 67.8 Å². The summed E-state index contributed by atoms with van der Waals surface area (Å²) in [5.41, 5.74) is 2.48. The lowest BCUT2D eigenvalue weighted by atomic mass is 9.45. The molecular weight excluding hydrogens is 672 g/mol. The van der Waals surface area contributed by atoms with Gasteiger partial charge < -0.3 is 18.7 Å². The molecule has 10 nitrogen and oxygen atoms in total. The monoisotopic (exact) mass is 708 g/mol. The molecule has 0 aliphatic heterocycles. The Labute approximate surface area is 297 Å². The van der Waals surface area contributed by atoms with E-state index in [1.165, 1.54) is 30.0 Å². The van der Waals surface area contributed by atoms with Crippen LogP contribution in [0.3, 0.4) is 0 Å². The third-order valence-electron chi connectivity index (χ3n) is 12.5. The lowest BCUT2D eigenvalue weighted by Gasteiger charge is -2.60. The highest BCUT2D eigenvalue weighted by Gasteiger charge is 2.70. The lowest BCUT2D eigenvalue weighted by molar-refractivity contribution is -0.179. The van der Waals surface area contributed by atoms with Crippen LogP contribution < -0.4 is 0 Å². The number of esters is 1. The number of halogens is 1. The highest BCUT2D eigenvalue weighted by Crippen LogP contribution is 2.68. The number of pyridine rings is 1. The zero-order valence-electron chi connectivity index (χ0n) is 28.3. The summed E-state index contributed by atoms with van der Waals surface area (Å²) in [4.78, 5) is 36.9. The van der Waals surface area contributed by atoms with Crippen molar-refractivity contribution in [1.29, 1.82) is 0 Å². The molecule has 9 rings (SSSR count). The quantitative estimate of drug-likeness (QED) is 0.136. The third-order valence-corrected chi connectivity index (χ3v) is 13.4. The van der Waals surface area contributed by atoms with E-state index in [0.29, 0.717) is 42.1 Å². The van der Waals surface area contributed by atoms with Gasteiger partial charge in [0.2, 0.25) is 5.76 Å². The Kier molecular flexibility index (Phi) is 7.45. The number of rotatable bonds is 7. The number of aliphatic hydroxyl groups excluding tert-OH is 1. The maximum Gasteiger partial charge on any atom is 0.375 e. The number of ether oxygens (including phenoxy) is 1. The number of aromatic nitrogens is 4. The van der Waals surface area contributed by atoms with Crippen LogP contribution in [0.2, 0.25) is 0 Å². The minimum Gasteiger partial charge on any atom is -0.457 e. The smallest absolute Gasteiger partial charge is 0.375 e. The molecule has 0 radical (unpaired) electrons. The van der Waals surface area contributed by atoms with Crippen LogP contribution in [0.15, 0.2) is 86.8 Å². The number of fused-ring (bicyclic) bond motifs is 7. The van der Waals surface area contributed by atoms with Crippen LogP contribution in [0.25, 0.3) is 23.0 Å². The number of Topliss-reactive ketones (excluding diaryl/α,β-unsaturated/α-hetero) is 1. The van der Waals surface area contributed by atoms with E-state index in [-0.39, 0.29) is 46.3 Å². The normalized spacial score (nSPS) is 30.9. The molecule has 4 aliphatic carbocycles. The van der Waals surface area contributed by atoms with Gasteiger partial charge in [-0.05, 0) is 122 Å². The number of ketones is 1. The summed E-state index contributed by atoms with van der Waals surface area (Å²) in [5, 5.41) is 17.3. The number of oxazole rings is 1.